The number of hydrogen-bond donors (Lipinski definition) is 2. The molecular weight excluding hydrogens is 304 g/mol. The molecule has 0 aliphatic carbocycles. The van der Waals surface area contributed by atoms with E-state index in [-0.39, 0.29) is 17.2 Å². The lowest BCUT2D eigenvalue weighted by molar-refractivity contribution is -0.103. The Hall–Kier alpha value is -2.79. The van der Waals surface area contributed by atoms with Crippen molar-refractivity contribution in [1.82, 2.24) is 4.98 Å². The molecule has 0 aliphatic rings. The van der Waals surface area contributed by atoms with E-state index in [1.165, 1.54) is 18.3 Å². The van der Waals surface area contributed by atoms with Gasteiger partial charge < -0.3 is 14.8 Å². The highest BCUT2D eigenvalue weighted by Crippen LogP contribution is 2.23. The first kappa shape index (κ1) is 14.2. The van der Waals surface area contributed by atoms with Crippen LogP contribution in [0.1, 0.15) is 5.89 Å². The zero-order chi connectivity index (χ0) is 15.5. The van der Waals surface area contributed by atoms with Crippen molar-refractivity contribution in [2.45, 2.75) is 0 Å². The van der Waals surface area contributed by atoms with Gasteiger partial charge in [0.15, 0.2) is 11.9 Å². The van der Waals surface area contributed by atoms with Crippen molar-refractivity contribution in [3.63, 3.8) is 0 Å². The van der Waals surface area contributed by atoms with E-state index in [2.05, 4.69) is 10.3 Å². The number of aromatic hydroxyl groups is 1. The summed E-state index contributed by atoms with van der Waals surface area (Å²) in [5, 5.41) is 12.7. The summed E-state index contributed by atoms with van der Waals surface area (Å²) >= 11 is 5.90. The Kier molecular flexibility index (Phi) is 3.80. The number of fused-ring (bicyclic) bond motifs is 1. The van der Waals surface area contributed by atoms with Crippen molar-refractivity contribution in [2.24, 2.45) is 0 Å². The molecule has 2 aromatic carbocycles. The minimum atomic E-state index is 0.168. The molecule has 0 unspecified atom stereocenters. The quantitative estimate of drug-likeness (QED) is 0.435. The Morgan fingerprint density at radius 1 is 1.23 bits per heavy atom. The largest absolute Gasteiger partial charge is 0.508 e. The zero-order valence-corrected chi connectivity index (χ0v) is 12.0. The summed E-state index contributed by atoms with van der Waals surface area (Å²) in [6, 6.07) is 11.5. The molecular formula is C16H11ClN2O3. The molecule has 0 spiro atoms. The number of halogens is 1. The standard InChI is InChI=1S/C16H11ClN2O3/c17-11-1-6-15-14(7-11)19-16(22-15)10(9-20)8-18-12-2-4-13(21)5-3-12/h1-9,18,21H. The molecule has 1 aromatic heterocycles. The van der Waals surface area contributed by atoms with Crippen LogP contribution in [0.2, 0.25) is 5.02 Å². The van der Waals surface area contributed by atoms with E-state index in [1.54, 1.807) is 30.3 Å². The second kappa shape index (κ2) is 5.91. The van der Waals surface area contributed by atoms with Gasteiger partial charge in [-0.15, -0.1) is 0 Å². The van der Waals surface area contributed by atoms with Gasteiger partial charge in [-0.05, 0) is 42.5 Å². The van der Waals surface area contributed by atoms with Gasteiger partial charge in [-0.25, -0.2) is 4.98 Å². The van der Waals surface area contributed by atoms with Crippen LogP contribution in [0.3, 0.4) is 0 Å². The first-order valence-electron chi connectivity index (χ1n) is 6.43. The molecule has 0 amide bonds. The van der Waals surface area contributed by atoms with Crippen molar-refractivity contribution in [3.05, 3.63) is 59.6 Å². The van der Waals surface area contributed by atoms with Crippen LogP contribution in [-0.2, 0) is 4.79 Å². The molecule has 22 heavy (non-hydrogen) atoms. The van der Waals surface area contributed by atoms with Crippen molar-refractivity contribution < 1.29 is 14.3 Å². The third kappa shape index (κ3) is 2.94. The van der Waals surface area contributed by atoms with Crippen LogP contribution >= 0.6 is 11.6 Å². The topological polar surface area (TPSA) is 75.4 Å². The third-order valence-corrected chi connectivity index (χ3v) is 3.22. The molecule has 3 aromatic rings. The summed E-state index contributed by atoms with van der Waals surface area (Å²) in [5.41, 5.74) is 2.12. The van der Waals surface area contributed by atoms with Crippen molar-refractivity contribution >= 4 is 40.2 Å². The number of nitrogens with zero attached hydrogens (tertiary/aromatic N) is 1. The summed E-state index contributed by atoms with van der Waals surface area (Å²) in [4.78, 5) is 15.5. The summed E-state index contributed by atoms with van der Waals surface area (Å²) in [5.74, 6) is 0.375. The second-order valence-corrected chi connectivity index (χ2v) is 4.98. The fourth-order valence-electron chi connectivity index (χ4n) is 1.89. The summed E-state index contributed by atoms with van der Waals surface area (Å²) in [6.45, 7) is 0. The Balaban J connectivity index is 1.89. The second-order valence-electron chi connectivity index (χ2n) is 4.54. The highest BCUT2D eigenvalue weighted by Gasteiger charge is 2.10. The molecule has 0 radical (unpaired) electrons. The van der Waals surface area contributed by atoms with Crippen LogP contribution in [0.4, 0.5) is 5.69 Å². The number of phenolic OH excluding ortho intramolecular Hbond substituents is 1. The molecule has 0 atom stereocenters. The van der Waals surface area contributed by atoms with Gasteiger partial charge in [0, 0.05) is 16.9 Å². The lowest BCUT2D eigenvalue weighted by Gasteiger charge is -2.01. The fourth-order valence-corrected chi connectivity index (χ4v) is 2.06. The maximum atomic E-state index is 11.3. The molecule has 1 heterocycles. The predicted octanol–water partition coefficient (Wildman–Crippen LogP) is 3.84. The molecule has 3 rings (SSSR count). The van der Waals surface area contributed by atoms with Crippen LogP contribution in [0, 0.1) is 0 Å². The van der Waals surface area contributed by atoms with Crippen molar-refractivity contribution in [3.8, 4) is 5.75 Å². The average Bonchev–Trinajstić information content (AvgIpc) is 2.92. The van der Waals surface area contributed by atoms with Gasteiger partial charge in [0.05, 0.1) is 5.57 Å². The number of hydrogen-bond acceptors (Lipinski definition) is 5. The van der Waals surface area contributed by atoms with E-state index in [4.69, 9.17) is 16.0 Å². The Bertz CT molecular complexity index is 853. The van der Waals surface area contributed by atoms with Crippen molar-refractivity contribution in [1.29, 1.82) is 0 Å². The molecule has 0 saturated carbocycles. The number of phenols is 1. The summed E-state index contributed by atoms with van der Waals surface area (Å²) in [7, 11) is 0. The fraction of sp³-hybridized carbons (Fsp3) is 0. The lowest BCUT2D eigenvalue weighted by Crippen LogP contribution is -1.93. The molecule has 0 aliphatic heterocycles. The number of nitrogens with one attached hydrogen (secondary N) is 1. The molecule has 0 bridgehead atoms. The minimum Gasteiger partial charge on any atom is -0.508 e. The number of carbonyl (C=O) groups is 1. The molecule has 6 heteroatoms. The van der Waals surface area contributed by atoms with E-state index in [9.17, 15) is 9.90 Å². The number of benzene rings is 2. The molecule has 110 valence electrons. The third-order valence-electron chi connectivity index (χ3n) is 2.99. The molecule has 2 N–H and O–H groups in total. The van der Waals surface area contributed by atoms with Crippen LogP contribution in [0.5, 0.6) is 5.75 Å². The number of aldehydes is 1. The number of allylic oxidation sites excluding steroid dienone is 1. The van der Waals surface area contributed by atoms with Crippen LogP contribution in [0.25, 0.3) is 16.7 Å². The molecule has 5 nitrogen and oxygen atoms in total. The summed E-state index contributed by atoms with van der Waals surface area (Å²) < 4.78 is 5.53. The van der Waals surface area contributed by atoms with E-state index in [1.807, 2.05) is 0 Å². The maximum Gasteiger partial charge on any atom is 0.232 e. The predicted molar refractivity (Wildman–Crippen MR) is 84.8 cm³/mol. The highest BCUT2D eigenvalue weighted by atomic mass is 35.5. The van der Waals surface area contributed by atoms with E-state index >= 15 is 0 Å². The Morgan fingerprint density at radius 3 is 2.73 bits per heavy atom. The number of rotatable bonds is 4. The van der Waals surface area contributed by atoms with E-state index in [0.717, 1.165) is 5.69 Å². The number of aromatic nitrogens is 1. The maximum absolute atomic E-state index is 11.3. The van der Waals surface area contributed by atoms with Gasteiger partial charge >= 0.3 is 0 Å². The summed E-state index contributed by atoms with van der Waals surface area (Å²) in [6.07, 6.45) is 2.14. The van der Waals surface area contributed by atoms with Crippen LogP contribution in [0.15, 0.2) is 53.1 Å². The molecule has 0 fully saturated rings. The van der Waals surface area contributed by atoms with Gasteiger partial charge in [-0.3, -0.25) is 4.79 Å². The zero-order valence-electron chi connectivity index (χ0n) is 11.3. The van der Waals surface area contributed by atoms with E-state index in [0.29, 0.717) is 22.4 Å². The Morgan fingerprint density at radius 2 is 2.00 bits per heavy atom. The van der Waals surface area contributed by atoms with Crippen LogP contribution in [-0.4, -0.2) is 16.4 Å². The van der Waals surface area contributed by atoms with Gasteiger partial charge in [0.2, 0.25) is 5.89 Å². The SMILES string of the molecule is O=CC(=CNc1ccc(O)cc1)c1nc2cc(Cl)ccc2o1. The minimum absolute atomic E-state index is 0.168. The first-order chi connectivity index (χ1) is 10.7. The average molecular weight is 315 g/mol. The monoisotopic (exact) mass is 314 g/mol. The van der Waals surface area contributed by atoms with Gasteiger partial charge in [-0.2, -0.15) is 0 Å². The van der Waals surface area contributed by atoms with E-state index < -0.39 is 0 Å². The molecule has 0 saturated heterocycles. The van der Waals surface area contributed by atoms with Crippen LogP contribution < -0.4 is 5.32 Å². The lowest BCUT2D eigenvalue weighted by atomic mass is 10.3. The smallest absolute Gasteiger partial charge is 0.232 e. The number of carbonyl (C=O) groups excluding carboxylic acids is 1. The van der Waals surface area contributed by atoms with Gasteiger partial charge in [0.25, 0.3) is 0 Å². The Labute approximate surface area is 130 Å². The highest BCUT2D eigenvalue weighted by molar-refractivity contribution is 6.31. The number of anilines is 1. The van der Waals surface area contributed by atoms with Gasteiger partial charge in [-0.1, -0.05) is 11.6 Å². The van der Waals surface area contributed by atoms with Crippen molar-refractivity contribution in [2.75, 3.05) is 5.32 Å². The first-order valence-corrected chi connectivity index (χ1v) is 6.81. The van der Waals surface area contributed by atoms with Gasteiger partial charge in [0.1, 0.15) is 11.3 Å². The number of oxazole rings is 1. The normalized spacial score (nSPS) is 11.6.